The summed E-state index contributed by atoms with van der Waals surface area (Å²) in [6.07, 6.45) is 1.56. The van der Waals surface area contributed by atoms with Crippen LogP contribution < -0.4 is 5.32 Å². The zero-order chi connectivity index (χ0) is 15.2. The van der Waals surface area contributed by atoms with Gasteiger partial charge in [0.05, 0.1) is 24.3 Å². The first-order valence-corrected chi connectivity index (χ1v) is 7.26. The third-order valence-electron chi connectivity index (χ3n) is 2.66. The predicted molar refractivity (Wildman–Crippen MR) is 77.5 cm³/mol. The van der Waals surface area contributed by atoms with Gasteiger partial charge in [0.2, 0.25) is 5.91 Å². The number of nitrogens with one attached hydrogen (secondary N) is 1. The first-order chi connectivity index (χ1) is 10.1. The van der Waals surface area contributed by atoms with Crippen molar-refractivity contribution in [2.24, 2.45) is 0 Å². The molecule has 0 radical (unpaired) electrons. The summed E-state index contributed by atoms with van der Waals surface area (Å²) in [7, 11) is 0. The molecule has 21 heavy (non-hydrogen) atoms. The molecule has 2 rings (SSSR count). The largest absolute Gasteiger partial charge is 0.467 e. The first kappa shape index (κ1) is 15.1. The maximum absolute atomic E-state index is 11.8. The predicted octanol–water partition coefficient (Wildman–Crippen LogP) is 1.97. The highest BCUT2D eigenvalue weighted by Crippen LogP contribution is 2.21. The van der Waals surface area contributed by atoms with Crippen molar-refractivity contribution in [2.75, 3.05) is 5.75 Å². The van der Waals surface area contributed by atoms with E-state index in [0.29, 0.717) is 34.4 Å². The third kappa shape index (κ3) is 4.07. The van der Waals surface area contributed by atoms with Crippen molar-refractivity contribution < 1.29 is 9.21 Å². The SMILES string of the molecule is Cc1nc(C)c(C#N)c(SCC(=O)NCc2ccco2)n1. The van der Waals surface area contributed by atoms with Crippen LogP contribution in [0.3, 0.4) is 0 Å². The average molecular weight is 302 g/mol. The molecular formula is C14H14N4O2S. The second-order valence-electron chi connectivity index (χ2n) is 4.29. The van der Waals surface area contributed by atoms with Gasteiger partial charge in [-0.05, 0) is 26.0 Å². The lowest BCUT2D eigenvalue weighted by atomic mass is 10.3. The van der Waals surface area contributed by atoms with E-state index in [4.69, 9.17) is 9.68 Å². The van der Waals surface area contributed by atoms with Gasteiger partial charge >= 0.3 is 0 Å². The molecule has 0 saturated heterocycles. The van der Waals surface area contributed by atoms with Crippen LogP contribution in [0.2, 0.25) is 0 Å². The lowest BCUT2D eigenvalue weighted by Crippen LogP contribution is -2.24. The van der Waals surface area contributed by atoms with Crippen LogP contribution in [0.5, 0.6) is 0 Å². The lowest BCUT2D eigenvalue weighted by molar-refractivity contribution is -0.118. The number of thioether (sulfide) groups is 1. The van der Waals surface area contributed by atoms with Gasteiger partial charge in [0, 0.05) is 0 Å². The minimum atomic E-state index is -0.144. The molecule has 7 heteroatoms. The number of nitrogens with zero attached hydrogens (tertiary/aromatic N) is 3. The number of hydrogen-bond acceptors (Lipinski definition) is 6. The van der Waals surface area contributed by atoms with Gasteiger partial charge in [-0.15, -0.1) is 0 Å². The Bertz CT molecular complexity index is 677. The quantitative estimate of drug-likeness (QED) is 0.670. The number of furan rings is 1. The smallest absolute Gasteiger partial charge is 0.230 e. The lowest BCUT2D eigenvalue weighted by Gasteiger charge is -2.06. The Hall–Kier alpha value is -2.33. The fraction of sp³-hybridized carbons (Fsp3) is 0.286. The molecule has 2 heterocycles. The van der Waals surface area contributed by atoms with E-state index in [-0.39, 0.29) is 11.7 Å². The van der Waals surface area contributed by atoms with E-state index >= 15 is 0 Å². The van der Waals surface area contributed by atoms with Crippen LogP contribution in [-0.2, 0) is 11.3 Å². The van der Waals surface area contributed by atoms with E-state index < -0.39 is 0 Å². The van der Waals surface area contributed by atoms with Crippen LogP contribution in [-0.4, -0.2) is 21.6 Å². The van der Waals surface area contributed by atoms with Crippen LogP contribution in [0.25, 0.3) is 0 Å². The van der Waals surface area contributed by atoms with Gasteiger partial charge in [-0.1, -0.05) is 11.8 Å². The number of aromatic nitrogens is 2. The summed E-state index contributed by atoms with van der Waals surface area (Å²) >= 11 is 1.23. The molecule has 1 amide bonds. The van der Waals surface area contributed by atoms with E-state index in [9.17, 15) is 4.79 Å². The molecule has 2 aromatic rings. The van der Waals surface area contributed by atoms with Crippen LogP contribution in [0, 0.1) is 25.2 Å². The van der Waals surface area contributed by atoms with E-state index in [2.05, 4.69) is 21.4 Å². The van der Waals surface area contributed by atoms with Crippen LogP contribution >= 0.6 is 11.8 Å². The molecule has 6 nitrogen and oxygen atoms in total. The van der Waals surface area contributed by atoms with Crippen molar-refractivity contribution >= 4 is 17.7 Å². The van der Waals surface area contributed by atoms with Gasteiger partial charge < -0.3 is 9.73 Å². The highest BCUT2D eigenvalue weighted by molar-refractivity contribution is 8.00. The molecule has 108 valence electrons. The number of aryl methyl sites for hydroxylation is 2. The molecule has 0 aliphatic heterocycles. The first-order valence-electron chi connectivity index (χ1n) is 6.27. The molecule has 0 unspecified atom stereocenters. The Kier molecular flexibility index (Phi) is 4.95. The highest BCUT2D eigenvalue weighted by Gasteiger charge is 2.12. The van der Waals surface area contributed by atoms with Gasteiger partial charge in [-0.3, -0.25) is 4.79 Å². The van der Waals surface area contributed by atoms with E-state index in [0.717, 1.165) is 0 Å². The maximum Gasteiger partial charge on any atom is 0.230 e. The summed E-state index contributed by atoms with van der Waals surface area (Å²) in [5.74, 6) is 1.32. The minimum Gasteiger partial charge on any atom is -0.467 e. The molecule has 1 N–H and O–H groups in total. The highest BCUT2D eigenvalue weighted by atomic mass is 32.2. The van der Waals surface area contributed by atoms with Crippen molar-refractivity contribution in [3.63, 3.8) is 0 Å². The second-order valence-corrected chi connectivity index (χ2v) is 5.26. The van der Waals surface area contributed by atoms with E-state index in [1.807, 2.05) is 0 Å². The Morgan fingerprint density at radius 3 is 2.95 bits per heavy atom. The van der Waals surface area contributed by atoms with Crippen molar-refractivity contribution in [1.29, 1.82) is 5.26 Å². The molecule has 0 atom stereocenters. The molecule has 0 bridgehead atoms. The Balaban J connectivity index is 1.93. The molecule has 0 spiro atoms. The van der Waals surface area contributed by atoms with E-state index in [1.165, 1.54) is 11.8 Å². The number of carbonyl (C=O) groups is 1. The van der Waals surface area contributed by atoms with Gasteiger partial charge in [0.25, 0.3) is 0 Å². The zero-order valence-electron chi connectivity index (χ0n) is 11.7. The number of carbonyl (C=O) groups excluding carboxylic acids is 1. The fourth-order valence-electron chi connectivity index (χ4n) is 1.70. The summed E-state index contributed by atoms with van der Waals surface area (Å²) in [6.45, 7) is 3.86. The monoisotopic (exact) mass is 302 g/mol. The summed E-state index contributed by atoms with van der Waals surface area (Å²) in [5, 5.41) is 12.4. The Morgan fingerprint density at radius 2 is 2.29 bits per heavy atom. The maximum atomic E-state index is 11.8. The molecule has 0 aliphatic rings. The summed E-state index contributed by atoms with van der Waals surface area (Å²) in [4.78, 5) is 20.1. The van der Waals surface area contributed by atoms with Gasteiger partial charge in [0.1, 0.15) is 28.2 Å². The molecule has 2 aromatic heterocycles. The fourth-order valence-corrected chi connectivity index (χ4v) is 2.60. The third-order valence-corrected chi connectivity index (χ3v) is 3.64. The summed E-state index contributed by atoms with van der Waals surface area (Å²) < 4.78 is 5.13. The van der Waals surface area contributed by atoms with E-state index in [1.54, 1.807) is 32.2 Å². The van der Waals surface area contributed by atoms with Crippen LogP contribution in [0.1, 0.15) is 22.8 Å². The van der Waals surface area contributed by atoms with Gasteiger partial charge in [0.15, 0.2) is 0 Å². The topological polar surface area (TPSA) is 91.8 Å². The average Bonchev–Trinajstić information content (AvgIpc) is 2.95. The van der Waals surface area contributed by atoms with Crippen molar-refractivity contribution in [1.82, 2.24) is 15.3 Å². The molecular weight excluding hydrogens is 288 g/mol. The molecule has 0 aromatic carbocycles. The molecule has 0 fully saturated rings. The van der Waals surface area contributed by atoms with Crippen molar-refractivity contribution in [3.8, 4) is 6.07 Å². The Morgan fingerprint density at radius 1 is 1.48 bits per heavy atom. The van der Waals surface area contributed by atoms with Crippen molar-refractivity contribution in [2.45, 2.75) is 25.4 Å². The standard InChI is InChI=1S/C14H14N4O2S/c1-9-12(6-15)14(18-10(2)17-9)21-8-13(19)16-7-11-4-3-5-20-11/h3-5H,7-8H2,1-2H3,(H,16,19). The Labute approximate surface area is 126 Å². The number of amides is 1. The summed E-state index contributed by atoms with van der Waals surface area (Å²) in [6, 6.07) is 5.63. The molecule has 0 aliphatic carbocycles. The number of rotatable bonds is 5. The van der Waals surface area contributed by atoms with Crippen LogP contribution in [0.15, 0.2) is 27.8 Å². The normalized spacial score (nSPS) is 10.1. The van der Waals surface area contributed by atoms with Crippen LogP contribution in [0.4, 0.5) is 0 Å². The summed E-state index contributed by atoms with van der Waals surface area (Å²) in [5.41, 5.74) is 1.05. The second kappa shape index (κ2) is 6.90. The number of hydrogen-bond donors (Lipinski definition) is 1. The zero-order valence-corrected chi connectivity index (χ0v) is 12.5. The van der Waals surface area contributed by atoms with Gasteiger partial charge in [-0.2, -0.15) is 5.26 Å². The van der Waals surface area contributed by atoms with Crippen molar-refractivity contribution in [3.05, 3.63) is 41.2 Å². The minimum absolute atomic E-state index is 0.144. The molecule has 0 saturated carbocycles. The number of nitriles is 1. The van der Waals surface area contributed by atoms with Gasteiger partial charge in [-0.25, -0.2) is 9.97 Å².